The van der Waals surface area contributed by atoms with E-state index in [1.54, 1.807) is 52.1 Å². The van der Waals surface area contributed by atoms with Crippen molar-refractivity contribution in [2.75, 3.05) is 5.32 Å². The van der Waals surface area contributed by atoms with Crippen molar-refractivity contribution in [3.05, 3.63) is 73.0 Å². The largest absolute Gasteiger partial charge is 0.433 e. The molecule has 0 aliphatic rings. The van der Waals surface area contributed by atoms with Crippen molar-refractivity contribution in [3.63, 3.8) is 0 Å². The van der Waals surface area contributed by atoms with Crippen molar-refractivity contribution in [3.8, 4) is 5.82 Å². The van der Waals surface area contributed by atoms with Crippen LogP contribution in [0.15, 0.2) is 61.4 Å². The van der Waals surface area contributed by atoms with Gasteiger partial charge in [0.1, 0.15) is 12.0 Å². The second kappa shape index (κ2) is 6.24. The molecule has 0 bridgehead atoms. The molecule has 4 aromatic rings. The van der Waals surface area contributed by atoms with Crippen LogP contribution in [0.3, 0.4) is 0 Å². The van der Waals surface area contributed by atoms with Gasteiger partial charge < -0.3 is 5.32 Å². The molecule has 136 valence electrons. The summed E-state index contributed by atoms with van der Waals surface area (Å²) in [5.41, 5.74) is -0.231. The zero-order valence-electron chi connectivity index (χ0n) is 13.6. The minimum absolute atomic E-state index is 0.0780. The van der Waals surface area contributed by atoms with Crippen LogP contribution < -0.4 is 5.32 Å². The van der Waals surface area contributed by atoms with Gasteiger partial charge in [-0.3, -0.25) is 13.8 Å². The van der Waals surface area contributed by atoms with E-state index >= 15 is 0 Å². The molecule has 10 heteroatoms. The van der Waals surface area contributed by atoms with Gasteiger partial charge in [-0.1, -0.05) is 6.07 Å². The Bertz CT molecular complexity index is 1100. The van der Waals surface area contributed by atoms with E-state index < -0.39 is 17.8 Å². The van der Waals surface area contributed by atoms with Gasteiger partial charge in [-0.25, -0.2) is 15.0 Å². The lowest BCUT2D eigenvalue weighted by molar-refractivity contribution is -0.141. The summed E-state index contributed by atoms with van der Waals surface area (Å²) >= 11 is 0. The topological polar surface area (TPSA) is 77.1 Å². The predicted octanol–water partition coefficient (Wildman–Crippen LogP) is 3.19. The average molecular weight is 372 g/mol. The molecule has 4 rings (SSSR count). The third-order valence-electron chi connectivity index (χ3n) is 3.79. The number of fused-ring (bicyclic) bond motifs is 1. The number of imidazole rings is 2. The van der Waals surface area contributed by atoms with E-state index in [0.29, 0.717) is 11.3 Å². The van der Waals surface area contributed by atoms with Crippen LogP contribution in [-0.2, 0) is 6.18 Å². The first-order valence-electron chi connectivity index (χ1n) is 7.73. The van der Waals surface area contributed by atoms with E-state index in [1.165, 1.54) is 0 Å². The number of halogens is 3. The third-order valence-corrected chi connectivity index (χ3v) is 3.79. The van der Waals surface area contributed by atoms with E-state index in [0.717, 1.165) is 18.3 Å². The first-order chi connectivity index (χ1) is 12.9. The molecule has 0 unspecified atom stereocenters. The Labute approximate surface area is 150 Å². The van der Waals surface area contributed by atoms with Crippen LogP contribution in [0.2, 0.25) is 0 Å². The highest BCUT2D eigenvalue weighted by atomic mass is 19.4. The molecule has 0 aromatic carbocycles. The van der Waals surface area contributed by atoms with Crippen LogP contribution in [0.5, 0.6) is 0 Å². The highest BCUT2D eigenvalue weighted by Gasteiger charge is 2.32. The van der Waals surface area contributed by atoms with Gasteiger partial charge in [-0.05, 0) is 24.3 Å². The quantitative estimate of drug-likeness (QED) is 0.599. The monoisotopic (exact) mass is 372 g/mol. The summed E-state index contributed by atoms with van der Waals surface area (Å²) in [5.74, 6) is 0.00196. The van der Waals surface area contributed by atoms with Gasteiger partial charge in [0.25, 0.3) is 5.91 Å². The SMILES string of the molecule is O=C(Nc1ccc(C(F)(F)F)nc1)c1nc(-n2ccnc2)c2ccccn12. The molecule has 0 radical (unpaired) electrons. The second-order valence-corrected chi connectivity index (χ2v) is 5.57. The number of carbonyl (C=O) groups is 1. The molecular weight excluding hydrogens is 361 g/mol. The van der Waals surface area contributed by atoms with Crippen molar-refractivity contribution >= 4 is 17.1 Å². The van der Waals surface area contributed by atoms with Crippen LogP contribution in [-0.4, -0.2) is 29.8 Å². The smallest absolute Gasteiger partial charge is 0.318 e. The van der Waals surface area contributed by atoms with E-state index in [4.69, 9.17) is 0 Å². The molecule has 0 saturated heterocycles. The van der Waals surface area contributed by atoms with Crippen LogP contribution in [0.4, 0.5) is 18.9 Å². The van der Waals surface area contributed by atoms with Crippen molar-refractivity contribution in [1.29, 1.82) is 0 Å². The van der Waals surface area contributed by atoms with Gasteiger partial charge in [0, 0.05) is 18.6 Å². The average Bonchev–Trinajstić information content (AvgIpc) is 3.29. The number of rotatable bonds is 3. The number of aromatic nitrogens is 5. The number of carbonyl (C=O) groups excluding carboxylic acids is 1. The summed E-state index contributed by atoms with van der Waals surface area (Å²) < 4.78 is 41.0. The normalized spacial score (nSPS) is 11.7. The fourth-order valence-electron chi connectivity index (χ4n) is 2.58. The Morgan fingerprint density at radius 2 is 1.96 bits per heavy atom. The highest BCUT2D eigenvalue weighted by molar-refractivity contribution is 6.02. The minimum atomic E-state index is -4.54. The fourth-order valence-corrected chi connectivity index (χ4v) is 2.58. The molecule has 1 amide bonds. The molecular formula is C17H11F3N6O. The maximum atomic E-state index is 12.6. The lowest BCUT2D eigenvalue weighted by atomic mass is 10.3. The van der Waals surface area contributed by atoms with E-state index in [2.05, 4.69) is 20.3 Å². The second-order valence-electron chi connectivity index (χ2n) is 5.57. The van der Waals surface area contributed by atoms with Gasteiger partial charge in [0.05, 0.1) is 17.4 Å². The van der Waals surface area contributed by atoms with Crippen molar-refractivity contribution in [2.24, 2.45) is 0 Å². The maximum absolute atomic E-state index is 12.6. The number of nitrogens with one attached hydrogen (secondary N) is 1. The summed E-state index contributed by atoms with van der Waals surface area (Å²) in [4.78, 5) is 24.3. The first kappa shape index (κ1) is 16.8. The molecule has 0 saturated carbocycles. The predicted molar refractivity (Wildman–Crippen MR) is 89.5 cm³/mol. The Hall–Kier alpha value is -3.69. The van der Waals surface area contributed by atoms with Crippen LogP contribution in [0.1, 0.15) is 16.3 Å². The van der Waals surface area contributed by atoms with Gasteiger partial charge in [0.15, 0.2) is 5.82 Å². The molecule has 4 heterocycles. The van der Waals surface area contributed by atoms with Crippen LogP contribution in [0.25, 0.3) is 11.3 Å². The van der Waals surface area contributed by atoms with Gasteiger partial charge in [-0.15, -0.1) is 0 Å². The molecule has 0 fully saturated rings. The van der Waals surface area contributed by atoms with Crippen molar-refractivity contribution < 1.29 is 18.0 Å². The Morgan fingerprint density at radius 1 is 1.11 bits per heavy atom. The zero-order valence-corrected chi connectivity index (χ0v) is 13.6. The zero-order chi connectivity index (χ0) is 19.0. The van der Waals surface area contributed by atoms with E-state index in [1.807, 2.05) is 0 Å². The first-order valence-corrected chi connectivity index (χ1v) is 7.73. The van der Waals surface area contributed by atoms with Gasteiger partial charge >= 0.3 is 6.18 Å². The number of nitrogens with zero attached hydrogens (tertiary/aromatic N) is 5. The number of pyridine rings is 2. The van der Waals surface area contributed by atoms with E-state index in [9.17, 15) is 18.0 Å². The highest BCUT2D eigenvalue weighted by Crippen LogP contribution is 2.28. The summed E-state index contributed by atoms with van der Waals surface area (Å²) in [5, 5.41) is 2.51. The molecule has 7 nitrogen and oxygen atoms in total. The lowest BCUT2D eigenvalue weighted by Gasteiger charge is -2.07. The number of amides is 1. The molecule has 4 aromatic heterocycles. The maximum Gasteiger partial charge on any atom is 0.433 e. The molecule has 1 N–H and O–H groups in total. The Kier molecular flexibility index (Phi) is 3.87. The Balaban J connectivity index is 1.67. The summed E-state index contributed by atoms with van der Waals surface area (Å²) in [6.45, 7) is 0. The number of alkyl halides is 3. The number of hydrogen-bond acceptors (Lipinski definition) is 4. The third kappa shape index (κ3) is 3.12. The molecule has 0 atom stereocenters. The Morgan fingerprint density at radius 3 is 2.63 bits per heavy atom. The van der Waals surface area contributed by atoms with Crippen LogP contribution >= 0.6 is 0 Å². The molecule has 27 heavy (non-hydrogen) atoms. The number of anilines is 1. The fraction of sp³-hybridized carbons (Fsp3) is 0.0588. The summed E-state index contributed by atoms with van der Waals surface area (Å²) in [6.07, 6.45) is 2.91. The number of hydrogen-bond donors (Lipinski definition) is 1. The van der Waals surface area contributed by atoms with E-state index in [-0.39, 0.29) is 11.5 Å². The lowest BCUT2D eigenvalue weighted by Crippen LogP contribution is -2.16. The van der Waals surface area contributed by atoms with Gasteiger partial charge in [-0.2, -0.15) is 13.2 Å². The minimum Gasteiger partial charge on any atom is -0.318 e. The van der Waals surface area contributed by atoms with Crippen molar-refractivity contribution in [2.45, 2.75) is 6.18 Å². The molecule has 0 spiro atoms. The molecule has 0 aliphatic heterocycles. The summed E-state index contributed by atoms with van der Waals surface area (Å²) in [7, 11) is 0. The van der Waals surface area contributed by atoms with Gasteiger partial charge in [0.2, 0.25) is 5.82 Å². The standard InChI is InChI=1S/C17H11F3N6O/c18-17(19,20)13-5-4-11(9-22-13)23-16(27)15-24-14(25-8-6-21-10-25)12-3-1-2-7-26(12)15/h1-10H,(H,23,27). The molecule has 0 aliphatic carbocycles. The summed E-state index contributed by atoms with van der Waals surface area (Å²) in [6, 6.07) is 7.27. The van der Waals surface area contributed by atoms with Crippen molar-refractivity contribution in [1.82, 2.24) is 23.9 Å². The van der Waals surface area contributed by atoms with Crippen LogP contribution in [0, 0.1) is 0 Å².